The molecule has 0 amide bonds. The number of rotatable bonds is 6. The number of likely N-dealkylation sites (N-methyl/N-ethyl adjacent to an activating group) is 1. The molecular weight excluding hydrogens is 274 g/mol. The molecule has 0 aliphatic carbocycles. The molecule has 1 N–H and O–H groups in total. The maximum atomic E-state index is 10.8. The fourth-order valence-electron chi connectivity index (χ4n) is 2.26. The first kappa shape index (κ1) is 16.3. The van der Waals surface area contributed by atoms with Crippen LogP contribution in [0.4, 0.5) is 0 Å². The summed E-state index contributed by atoms with van der Waals surface area (Å²) in [6, 6.07) is 17.5. The fourth-order valence-corrected chi connectivity index (χ4v) is 2.26. The highest BCUT2D eigenvalue weighted by molar-refractivity contribution is 5.70. The second kappa shape index (κ2) is 7.78. The Bertz CT molecular complexity index is 603. The van der Waals surface area contributed by atoms with Crippen molar-refractivity contribution in [1.29, 1.82) is 0 Å². The summed E-state index contributed by atoms with van der Waals surface area (Å²) < 4.78 is 5.17. The number of ether oxygens (including phenoxy) is 1. The predicted molar refractivity (Wildman–Crippen MR) is 90.9 cm³/mol. The van der Waals surface area contributed by atoms with Gasteiger partial charge >= 0.3 is 0 Å². The summed E-state index contributed by atoms with van der Waals surface area (Å²) in [5.74, 6) is 0.787. The van der Waals surface area contributed by atoms with E-state index in [-0.39, 0.29) is 0 Å². The first-order valence-corrected chi connectivity index (χ1v) is 7.34. The third kappa shape index (κ3) is 4.20. The van der Waals surface area contributed by atoms with Crippen molar-refractivity contribution in [3.63, 3.8) is 0 Å². The minimum Gasteiger partial charge on any atom is -0.497 e. The zero-order valence-electron chi connectivity index (χ0n) is 13.4. The average molecular weight is 297 g/mol. The molecule has 0 aliphatic heterocycles. The Labute approximate surface area is 132 Å². The van der Waals surface area contributed by atoms with Crippen LogP contribution in [0.15, 0.2) is 60.7 Å². The van der Waals surface area contributed by atoms with Crippen molar-refractivity contribution in [1.82, 2.24) is 4.90 Å². The van der Waals surface area contributed by atoms with Crippen LogP contribution in [-0.2, 0) is 0 Å². The second-order valence-corrected chi connectivity index (χ2v) is 5.46. The lowest BCUT2D eigenvalue weighted by Crippen LogP contribution is -2.12. The molecule has 0 aromatic heterocycles. The van der Waals surface area contributed by atoms with E-state index in [1.54, 1.807) is 7.11 Å². The summed E-state index contributed by atoms with van der Waals surface area (Å²) >= 11 is 0. The molecule has 0 bridgehead atoms. The maximum absolute atomic E-state index is 10.8. The lowest BCUT2D eigenvalue weighted by atomic mass is 9.94. The van der Waals surface area contributed by atoms with Gasteiger partial charge in [-0.1, -0.05) is 48.5 Å². The normalized spacial score (nSPS) is 13.2. The Kier molecular flexibility index (Phi) is 5.75. The van der Waals surface area contributed by atoms with Gasteiger partial charge in [-0.2, -0.15) is 0 Å². The predicted octanol–water partition coefficient (Wildman–Crippen LogP) is 3.37. The van der Waals surface area contributed by atoms with E-state index in [2.05, 4.69) is 11.0 Å². The lowest BCUT2D eigenvalue weighted by Gasteiger charge is -2.18. The topological polar surface area (TPSA) is 32.7 Å². The summed E-state index contributed by atoms with van der Waals surface area (Å²) in [6.45, 7) is 0.775. The number of aliphatic hydroxyl groups excluding tert-OH is 1. The molecule has 0 heterocycles. The van der Waals surface area contributed by atoms with Crippen molar-refractivity contribution in [3.05, 3.63) is 71.8 Å². The highest BCUT2D eigenvalue weighted by atomic mass is 16.5. The van der Waals surface area contributed by atoms with E-state index in [1.165, 1.54) is 0 Å². The SMILES string of the molecule is COc1ccc(C(O)/C(=C/CN(C)C)c2ccccc2)cc1. The molecule has 2 rings (SSSR count). The van der Waals surface area contributed by atoms with Crippen LogP contribution in [0, 0.1) is 0 Å². The molecule has 1 unspecified atom stereocenters. The van der Waals surface area contributed by atoms with Crippen LogP contribution in [-0.4, -0.2) is 37.8 Å². The highest BCUT2D eigenvalue weighted by Crippen LogP contribution is 2.30. The standard InChI is InChI=1S/C19H23NO2/c1-20(2)14-13-18(15-7-5-4-6-8-15)19(21)16-9-11-17(22-3)12-10-16/h4-13,19,21H,14H2,1-3H3/b18-13+. The van der Waals surface area contributed by atoms with E-state index in [0.29, 0.717) is 0 Å². The smallest absolute Gasteiger partial charge is 0.118 e. The van der Waals surface area contributed by atoms with Gasteiger partial charge in [0.05, 0.1) is 7.11 Å². The first-order chi connectivity index (χ1) is 10.6. The van der Waals surface area contributed by atoms with Gasteiger partial charge in [0.15, 0.2) is 0 Å². The molecule has 2 aromatic rings. The van der Waals surface area contributed by atoms with E-state index < -0.39 is 6.10 Å². The molecule has 3 heteroatoms. The lowest BCUT2D eigenvalue weighted by molar-refractivity contribution is 0.237. The van der Waals surface area contributed by atoms with Gasteiger partial charge < -0.3 is 14.7 Å². The minimum absolute atomic E-state index is 0.659. The van der Waals surface area contributed by atoms with Gasteiger partial charge in [0, 0.05) is 6.54 Å². The van der Waals surface area contributed by atoms with Crippen molar-refractivity contribution in [2.45, 2.75) is 6.10 Å². The summed E-state index contributed by atoms with van der Waals surface area (Å²) in [6.07, 6.45) is 1.41. The van der Waals surface area contributed by atoms with E-state index in [1.807, 2.05) is 68.7 Å². The molecule has 3 nitrogen and oxygen atoms in total. The molecule has 0 radical (unpaired) electrons. The third-order valence-electron chi connectivity index (χ3n) is 3.51. The number of nitrogens with zero attached hydrogens (tertiary/aromatic N) is 1. The Hall–Kier alpha value is -2.10. The number of hydrogen-bond donors (Lipinski definition) is 1. The highest BCUT2D eigenvalue weighted by Gasteiger charge is 2.15. The first-order valence-electron chi connectivity index (χ1n) is 7.34. The zero-order chi connectivity index (χ0) is 15.9. The van der Waals surface area contributed by atoms with Gasteiger partial charge in [-0.3, -0.25) is 0 Å². The number of hydrogen-bond acceptors (Lipinski definition) is 3. The number of methoxy groups -OCH3 is 1. The third-order valence-corrected chi connectivity index (χ3v) is 3.51. The van der Waals surface area contributed by atoms with Crippen LogP contribution >= 0.6 is 0 Å². The molecule has 22 heavy (non-hydrogen) atoms. The fraction of sp³-hybridized carbons (Fsp3) is 0.263. The van der Waals surface area contributed by atoms with Crippen LogP contribution in [0.1, 0.15) is 17.2 Å². The molecular formula is C19H23NO2. The van der Waals surface area contributed by atoms with Crippen molar-refractivity contribution in [2.24, 2.45) is 0 Å². The van der Waals surface area contributed by atoms with Crippen LogP contribution in [0.5, 0.6) is 5.75 Å². The van der Waals surface area contributed by atoms with Crippen LogP contribution in [0.25, 0.3) is 5.57 Å². The monoisotopic (exact) mass is 297 g/mol. The quantitative estimate of drug-likeness (QED) is 0.887. The number of aliphatic hydroxyl groups is 1. The molecule has 2 aromatic carbocycles. The van der Waals surface area contributed by atoms with Gasteiger partial charge in [0.2, 0.25) is 0 Å². The number of benzene rings is 2. The maximum Gasteiger partial charge on any atom is 0.118 e. The van der Waals surface area contributed by atoms with Crippen LogP contribution in [0.2, 0.25) is 0 Å². The summed E-state index contributed by atoms with van der Waals surface area (Å²) in [7, 11) is 5.66. The van der Waals surface area contributed by atoms with Crippen LogP contribution < -0.4 is 4.74 Å². The van der Waals surface area contributed by atoms with Gasteiger partial charge in [0.1, 0.15) is 11.9 Å². The Morgan fingerprint density at radius 2 is 1.73 bits per heavy atom. The van der Waals surface area contributed by atoms with Crippen molar-refractivity contribution in [3.8, 4) is 5.75 Å². The molecule has 0 fully saturated rings. The molecule has 0 saturated heterocycles. The average Bonchev–Trinajstić information content (AvgIpc) is 2.55. The van der Waals surface area contributed by atoms with Crippen LogP contribution in [0.3, 0.4) is 0 Å². The van der Waals surface area contributed by atoms with E-state index in [4.69, 9.17) is 4.74 Å². The van der Waals surface area contributed by atoms with E-state index >= 15 is 0 Å². The summed E-state index contributed by atoms with van der Waals surface area (Å²) in [5.41, 5.74) is 2.81. The van der Waals surface area contributed by atoms with E-state index in [0.717, 1.165) is 29.0 Å². The molecule has 116 valence electrons. The van der Waals surface area contributed by atoms with E-state index in [9.17, 15) is 5.11 Å². The Balaban J connectivity index is 2.33. The van der Waals surface area contributed by atoms with Gasteiger partial charge in [0.25, 0.3) is 0 Å². The summed E-state index contributed by atoms with van der Waals surface area (Å²) in [5, 5.41) is 10.8. The van der Waals surface area contributed by atoms with Crippen molar-refractivity contribution >= 4 is 5.57 Å². The molecule has 0 saturated carbocycles. The van der Waals surface area contributed by atoms with Gasteiger partial charge in [-0.25, -0.2) is 0 Å². The van der Waals surface area contributed by atoms with Gasteiger partial charge in [-0.05, 0) is 42.9 Å². The van der Waals surface area contributed by atoms with Gasteiger partial charge in [-0.15, -0.1) is 0 Å². The summed E-state index contributed by atoms with van der Waals surface area (Å²) in [4.78, 5) is 2.07. The van der Waals surface area contributed by atoms with Crippen molar-refractivity contribution < 1.29 is 9.84 Å². The molecule has 0 spiro atoms. The molecule has 0 aliphatic rings. The Morgan fingerprint density at radius 3 is 2.27 bits per heavy atom. The van der Waals surface area contributed by atoms with Crippen molar-refractivity contribution in [2.75, 3.05) is 27.7 Å². The zero-order valence-corrected chi connectivity index (χ0v) is 13.4. The largest absolute Gasteiger partial charge is 0.497 e. The minimum atomic E-state index is -0.659. The Morgan fingerprint density at radius 1 is 1.09 bits per heavy atom. The molecule has 1 atom stereocenters. The second-order valence-electron chi connectivity index (χ2n) is 5.46.